The molecule has 11 heteroatoms. The van der Waals surface area contributed by atoms with E-state index in [0.717, 1.165) is 6.42 Å². The minimum absolute atomic E-state index is 0.0127. The van der Waals surface area contributed by atoms with Crippen molar-refractivity contribution < 1.29 is 42.9 Å². The molecule has 3 aliphatic heterocycles. The number of carbonyl (C=O) groups excluding carboxylic acids is 4. The Bertz CT molecular complexity index is 1190. The van der Waals surface area contributed by atoms with Gasteiger partial charge in [-0.25, -0.2) is 14.4 Å². The monoisotopic (exact) mass is 572 g/mol. The summed E-state index contributed by atoms with van der Waals surface area (Å²) >= 11 is 0. The Kier molecular flexibility index (Phi) is 7.90. The lowest BCUT2D eigenvalue weighted by molar-refractivity contribution is -0.233. The Morgan fingerprint density at radius 2 is 1.80 bits per heavy atom. The Hall–Kier alpha value is -3.02. The molecule has 3 heterocycles. The van der Waals surface area contributed by atoms with Crippen molar-refractivity contribution in [2.45, 2.75) is 89.4 Å². The van der Waals surface area contributed by atoms with Crippen molar-refractivity contribution in [3.05, 3.63) is 36.0 Å². The minimum Gasteiger partial charge on any atom is -0.463 e. The summed E-state index contributed by atoms with van der Waals surface area (Å²) in [5.41, 5.74) is 4.82. The lowest BCUT2D eigenvalue weighted by atomic mass is 9.51. The zero-order valence-corrected chi connectivity index (χ0v) is 24.1. The molecule has 2 aliphatic carbocycles. The highest BCUT2D eigenvalue weighted by molar-refractivity contribution is 5.87. The lowest BCUT2D eigenvalue weighted by Gasteiger charge is -2.58. The summed E-state index contributed by atoms with van der Waals surface area (Å²) in [6.07, 6.45) is 8.29. The molecule has 11 nitrogen and oxygen atoms in total. The van der Waals surface area contributed by atoms with Gasteiger partial charge in [-0.1, -0.05) is 37.6 Å². The molecule has 0 aromatic rings. The third-order valence-electron chi connectivity index (χ3n) is 9.88. The van der Waals surface area contributed by atoms with Crippen molar-refractivity contribution >= 4 is 23.8 Å². The van der Waals surface area contributed by atoms with E-state index >= 15 is 0 Å². The second-order valence-corrected chi connectivity index (χ2v) is 12.3. The third-order valence-corrected chi connectivity index (χ3v) is 9.88. The number of amides is 1. The zero-order valence-electron chi connectivity index (χ0n) is 24.1. The van der Waals surface area contributed by atoms with Crippen molar-refractivity contribution in [2.24, 2.45) is 22.5 Å². The van der Waals surface area contributed by atoms with E-state index in [2.05, 4.69) is 25.2 Å². The maximum Gasteiger partial charge on any atom is 0.331 e. The summed E-state index contributed by atoms with van der Waals surface area (Å²) in [5.74, 6) is -2.71. The minimum atomic E-state index is -1.02. The number of carbonyl (C=O) groups is 4. The second-order valence-electron chi connectivity index (χ2n) is 12.3. The van der Waals surface area contributed by atoms with Crippen molar-refractivity contribution in [3.63, 3.8) is 0 Å². The van der Waals surface area contributed by atoms with Crippen LogP contribution in [0.3, 0.4) is 0 Å². The highest BCUT2D eigenvalue weighted by Gasteiger charge is 2.83. The number of hydrogen-bond acceptors (Lipinski definition) is 10. The van der Waals surface area contributed by atoms with Crippen LogP contribution in [0.2, 0.25) is 0 Å². The first-order chi connectivity index (χ1) is 19.4. The summed E-state index contributed by atoms with van der Waals surface area (Å²) in [7, 11) is 0. The van der Waals surface area contributed by atoms with Gasteiger partial charge in [-0.2, -0.15) is 0 Å². The third kappa shape index (κ3) is 5.02. The van der Waals surface area contributed by atoms with Gasteiger partial charge in [-0.05, 0) is 39.0 Å². The largest absolute Gasteiger partial charge is 0.463 e. The smallest absolute Gasteiger partial charge is 0.331 e. The van der Waals surface area contributed by atoms with Gasteiger partial charge in [0.05, 0.1) is 36.9 Å². The molecule has 9 atom stereocenters. The maximum absolute atomic E-state index is 13.7. The van der Waals surface area contributed by atoms with E-state index in [-0.39, 0.29) is 31.8 Å². The molecule has 2 bridgehead atoms. The van der Waals surface area contributed by atoms with Crippen LogP contribution in [0.1, 0.15) is 53.4 Å². The van der Waals surface area contributed by atoms with Crippen molar-refractivity contribution in [1.29, 1.82) is 0 Å². The molecule has 3 N–H and O–H groups in total. The topological polar surface area (TPSA) is 156 Å². The number of cyclic esters (lactones) is 2. The fourth-order valence-corrected chi connectivity index (χ4v) is 7.15. The Morgan fingerprint density at radius 1 is 1.10 bits per heavy atom. The molecular weight excluding hydrogens is 532 g/mol. The van der Waals surface area contributed by atoms with Gasteiger partial charge in [-0.15, -0.1) is 0 Å². The van der Waals surface area contributed by atoms with Crippen LogP contribution in [-0.2, 0) is 42.9 Å². The van der Waals surface area contributed by atoms with E-state index in [1.54, 1.807) is 6.92 Å². The summed E-state index contributed by atoms with van der Waals surface area (Å²) in [5, 5.41) is 2.72. The number of nitrogens with two attached hydrogens (primary N) is 1. The molecule has 0 aromatic heterocycles. The number of nitrogens with one attached hydrogen (secondary N) is 1. The van der Waals surface area contributed by atoms with E-state index < -0.39 is 64.4 Å². The molecule has 3 fully saturated rings. The Labute approximate surface area is 239 Å². The molecule has 1 saturated carbocycles. The van der Waals surface area contributed by atoms with Gasteiger partial charge in [0.25, 0.3) is 0 Å². The predicted octanol–water partition coefficient (Wildman–Crippen LogP) is 1.64. The molecule has 0 aromatic carbocycles. The lowest BCUT2D eigenvalue weighted by Crippen LogP contribution is -2.67. The normalized spacial score (nSPS) is 43.2. The molecule has 224 valence electrons. The molecule has 5 rings (SSSR count). The highest BCUT2D eigenvalue weighted by atomic mass is 16.6. The quantitative estimate of drug-likeness (QED) is 0.216. The highest BCUT2D eigenvalue weighted by Crippen LogP contribution is 2.72. The number of epoxide rings is 1. The molecule has 2 spiro atoms. The first-order valence-electron chi connectivity index (χ1n) is 14.3. The van der Waals surface area contributed by atoms with E-state index in [4.69, 9.17) is 29.4 Å². The van der Waals surface area contributed by atoms with Gasteiger partial charge >= 0.3 is 17.9 Å². The van der Waals surface area contributed by atoms with Crippen molar-refractivity contribution in [2.75, 3.05) is 19.8 Å². The summed E-state index contributed by atoms with van der Waals surface area (Å²) in [6.45, 7) is 7.87. The fraction of sp³-hybridized carbons (Fsp3) is 0.667. The van der Waals surface area contributed by atoms with Crippen LogP contribution in [0.5, 0.6) is 0 Å². The molecular formula is C30H40N2O9. The molecule has 1 amide bonds. The molecule has 41 heavy (non-hydrogen) atoms. The first-order valence-corrected chi connectivity index (χ1v) is 14.3. The molecule has 2 saturated heterocycles. The first kappa shape index (κ1) is 29.5. The number of ether oxygens (including phenoxy) is 5. The summed E-state index contributed by atoms with van der Waals surface area (Å²) in [6, 6.07) is -1.86. The fourth-order valence-electron chi connectivity index (χ4n) is 7.15. The van der Waals surface area contributed by atoms with Gasteiger partial charge in [0.2, 0.25) is 5.91 Å². The molecule has 0 radical (unpaired) electrons. The molecule has 5 aliphatic rings. The van der Waals surface area contributed by atoms with Crippen LogP contribution in [0.4, 0.5) is 0 Å². The zero-order chi connectivity index (χ0) is 29.6. The average Bonchev–Trinajstić information content (AvgIpc) is 3.70. The molecule has 0 unspecified atom stereocenters. The van der Waals surface area contributed by atoms with Crippen LogP contribution in [-0.4, -0.2) is 79.6 Å². The van der Waals surface area contributed by atoms with Crippen LogP contribution in [0, 0.1) is 16.7 Å². The van der Waals surface area contributed by atoms with Crippen molar-refractivity contribution in [3.8, 4) is 0 Å². The van der Waals surface area contributed by atoms with E-state index in [9.17, 15) is 19.2 Å². The average molecular weight is 573 g/mol. The SMILES string of the molecule is CC1=C[C@H]2O[C@@H]3C[C@H]4OC(=O)/C=C\C=C\C(=O)OCC[C@@H](C)[C@@H](NC(=O)[C@H](C)N)C(=O)OC[C@@]2(CC1)[C@]4(C)[C@]31CO1. The standard InChI is InChI=1S/C30H40N2O9/c1-17-9-11-29-15-38-27(36)25(32-26(35)19(3)31)18(2)10-12-37-23(33)7-5-6-8-24(34)41-20-14-22(40-21(29)13-17)30(16-39-30)28(20,29)4/h5-8,13,18-22,25H,9-12,14-16,31H2,1-4H3,(H,32,35)/b7-5+,8-6-/t18-,19+,20-,21-,22-,25-,28-,29-,30+/m1/s1. The summed E-state index contributed by atoms with van der Waals surface area (Å²) in [4.78, 5) is 51.3. The van der Waals surface area contributed by atoms with E-state index in [0.29, 0.717) is 19.4 Å². The predicted molar refractivity (Wildman–Crippen MR) is 145 cm³/mol. The number of hydrogen-bond donors (Lipinski definition) is 2. The van der Waals surface area contributed by atoms with Crippen LogP contribution >= 0.6 is 0 Å². The van der Waals surface area contributed by atoms with Crippen molar-refractivity contribution in [1.82, 2.24) is 5.32 Å². The Balaban J connectivity index is 1.53. The number of allylic oxidation sites excluding steroid dienone is 3. The van der Waals surface area contributed by atoms with Crippen LogP contribution < -0.4 is 11.1 Å². The second kappa shape index (κ2) is 11.0. The van der Waals surface area contributed by atoms with Gasteiger partial charge < -0.3 is 34.7 Å². The van der Waals surface area contributed by atoms with Gasteiger partial charge in [0.1, 0.15) is 24.4 Å². The maximum atomic E-state index is 13.7. The van der Waals surface area contributed by atoms with Gasteiger partial charge in [-0.3, -0.25) is 4.79 Å². The van der Waals surface area contributed by atoms with Gasteiger partial charge in [0.15, 0.2) is 0 Å². The van der Waals surface area contributed by atoms with Gasteiger partial charge in [0, 0.05) is 24.0 Å². The van der Waals surface area contributed by atoms with E-state index in [1.165, 1.54) is 36.8 Å². The summed E-state index contributed by atoms with van der Waals surface area (Å²) < 4.78 is 30.2. The van der Waals surface area contributed by atoms with Crippen LogP contribution in [0.25, 0.3) is 0 Å². The number of esters is 3. The Morgan fingerprint density at radius 3 is 2.49 bits per heavy atom. The van der Waals surface area contributed by atoms with Crippen LogP contribution in [0.15, 0.2) is 36.0 Å². The number of rotatable bonds is 2. The van der Waals surface area contributed by atoms with E-state index in [1.807, 2.05) is 0 Å².